The van der Waals surface area contributed by atoms with Crippen LogP contribution in [0.4, 0.5) is 0 Å². The van der Waals surface area contributed by atoms with Gasteiger partial charge in [0.05, 0.1) is 0 Å². The van der Waals surface area contributed by atoms with Crippen molar-refractivity contribution < 1.29 is 19.1 Å². The molecule has 0 atom stereocenters. The SMILES string of the molecule is CC(=O)Oc1cccc(C(=O)NC2CCN(C(=O)C(C)C)CC2)c1. The maximum Gasteiger partial charge on any atom is 0.308 e. The molecule has 0 unspecified atom stereocenters. The molecule has 130 valence electrons. The van der Waals surface area contributed by atoms with E-state index < -0.39 is 5.97 Å². The Kier molecular flexibility index (Phi) is 5.95. The molecule has 2 amide bonds. The van der Waals surface area contributed by atoms with Gasteiger partial charge in [-0.1, -0.05) is 19.9 Å². The molecular weight excluding hydrogens is 308 g/mol. The number of hydrogen-bond acceptors (Lipinski definition) is 4. The minimum Gasteiger partial charge on any atom is -0.427 e. The number of rotatable bonds is 4. The number of amides is 2. The summed E-state index contributed by atoms with van der Waals surface area (Å²) in [5, 5.41) is 2.99. The van der Waals surface area contributed by atoms with Crippen molar-refractivity contribution in [3.05, 3.63) is 29.8 Å². The van der Waals surface area contributed by atoms with Gasteiger partial charge in [0.2, 0.25) is 5.91 Å². The number of benzene rings is 1. The molecular formula is C18H24N2O4. The molecule has 0 bridgehead atoms. The first-order chi connectivity index (χ1) is 11.4. The van der Waals surface area contributed by atoms with Crippen LogP contribution >= 0.6 is 0 Å². The summed E-state index contributed by atoms with van der Waals surface area (Å²) in [4.78, 5) is 37.2. The predicted octanol–water partition coefficient (Wildman–Crippen LogP) is 1.99. The lowest BCUT2D eigenvalue weighted by Crippen LogP contribution is -2.47. The van der Waals surface area contributed by atoms with E-state index in [1.807, 2.05) is 18.7 Å². The number of piperidine rings is 1. The van der Waals surface area contributed by atoms with E-state index in [1.54, 1.807) is 24.3 Å². The number of nitrogens with zero attached hydrogens (tertiary/aromatic N) is 1. The minimum absolute atomic E-state index is 0.000145. The first-order valence-electron chi connectivity index (χ1n) is 8.25. The highest BCUT2D eigenvalue weighted by molar-refractivity contribution is 5.95. The maximum atomic E-state index is 12.3. The summed E-state index contributed by atoms with van der Waals surface area (Å²) in [5.74, 6) is -0.103. The van der Waals surface area contributed by atoms with Crippen molar-refractivity contribution in [1.29, 1.82) is 0 Å². The number of hydrogen-bond donors (Lipinski definition) is 1. The predicted molar refractivity (Wildman–Crippen MR) is 89.7 cm³/mol. The Morgan fingerprint density at radius 2 is 1.88 bits per heavy atom. The van der Waals surface area contributed by atoms with E-state index in [0.29, 0.717) is 24.4 Å². The number of ether oxygens (including phenoxy) is 1. The van der Waals surface area contributed by atoms with Gasteiger partial charge in [-0.25, -0.2) is 0 Å². The summed E-state index contributed by atoms with van der Waals surface area (Å²) in [6.07, 6.45) is 1.49. The van der Waals surface area contributed by atoms with Crippen LogP contribution in [-0.4, -0.2) is 41.8 Å². The molecule has 1 aromatic carbocycles. The van der Waals surface area contributed by atoms with Gasteiger partial charge in [0.25, 0.3) is 5.91 Å². The van der Waals surface area contributed by atoms with Crippen LogP contribution in [0.3, 0.4) is 0 Å². The van der Waals surface area contributed by atoms with Gasteiger partial charge in [-0.15, -0.1) is 0 Å². The molecule has 6 nitrogen and oxygen atoms in total. The van der Waals surface area contributed by atoms with Gasteiger partial charge < -0.3 is 15.0 Å². The average molecular weight is 332 g/mol. The van der Waals surface area contributed by atoms with Crippen molar-refractivity contribution in [2.45, 2.75) is 39.7 Å². The number of likely N-dealkylation sites (tertiary alicyclic amines) is 1. The molecule has 0 saturated carbocycles. The zero-order valence-electron chi connectivity index (χ0n) is 14.4. The first kappa shape index (κ1) is 18.0. The minimum atomic E-state index is -0.422. The highest BCUT2D eigenvalue weighted by atomic mass is 16.5. The van der Waals surface area contributed by atoms with Crippen LogP contribution in [0.2, 0.25) is 0 Å². The normalized spacial score (nSPS) is 15.2. The standard InChI is InChI=1S/C18H24N2O4/c1-12(2)18(23)20-9-7-15(8-10-20)19-17(22)14-5-4-6-16(11-14)24-13(3)21/h4-6,11-12,15H,7-10H2,1-3H3,(H,19,22). The van der Waals surface area contributed by atoms with Crippen LogP contribution < -0.4 is 10.1 Å². The van der Waals surface area contributed by atoms with Gasteiger partial charge in [0.15, 0.2) is 0 Å². The number of carbonyl (C=O) groups excluding carboxylic acids is 3. The molecule has 1 fully saturated rings. The van der Waals surface area contributed by atoms with Crippen molar-refractivity contribution in [3.8, 4) is 5.75 Å². The molecule has 0 aromatic heterocycles. The summed E-state index contributed by atoms with van der Waals surface area (Å²) in [7, 11) is 0. The highest BCUT2D eigenvalue weighted by Gasteiger charge is 2.25. The van der Waals surface area contributed by atoms with E-state index in [-0.39, 0.29) is 23.8 Å². The molecule has 0 aliphatic carbocycles. The molecule has 24 heavy (non-hydrogen) atoms. The lowest BCUT2D eigenvalue weighted by Gasteiger charge is -2.33. The van der Waals surface area contributed by atoms with Crippen LogP contribution in [0.1, 0.15) is 44.0 Å². The van der Waals surface area contributed by atoms with Gasteiger partial charge in [-0.05, 0) is 31.0 Å². The average Bonchev–Trinajstić information content (AvgIpc) is 2.54. The molecule has 0 spiro atoms. The van der Waals surface area contributed by atoms with E-state index in [1.165, 1.54) is 6.92 Å². The third-order valence-corrected chi connectivity index (χ3v) is 3.99. The molecule has 1 saturated heterocycles. The third-order valence-electron chi connectivity index (χ3n) is 3.99. The van der Waals surface area contributed by atoms with E-state index >= 15 is 0 Å². The second-order valence-electron chi connectivity index (χ2n) is 6.35. The summed E-state index contributed by atoms with van der Waals surface area (Å²) in [6, 6.07) is 6.59. The summed E-state index contributed by atoms with van der Waals surface area (Å²) < 4.78 is 4.99. The van der Waals surface area contributed by atoms with Gasteiger partial charge in [-0.3, -0.25) is 14.4 Å². The zero-order valence-corrected chi connectivity index (χ0v) is 14.4. The monoisotopic (exact) mass is 332 g/mol. The Labute approximate surface area is 142 Å². The summed E-state index contributed by atoms with van der Waals surface area (Å²) >= 11 is 0. The maximum absolute atomic E-state index is 12.3. The number of esters is 1. The Morgan fingerprint density at radius 1 is 1.21 bits per heavy atom. The van der Waals surface area contributed by atoms with Gasteiger partial charge >= 0.3 is 5.97 Å². The molecule has 0 radical (unpaired) electrons. The Balaban J connectivity index is 1.90. The molecule has 2 rings (SSSR count). The molecule has 1 heterocycles. The van der Waals surface area contributed by atoms with Crippen LogP contribution in [0.25, 0.3) is 0 Å². The van der Waals surface area contributed by atoms with E-state index in [0.717, 1.165) is 12.8 Å². The van der Waals surface area contributed by atoms with Gasteiger partial charge in [0.1, 0.15) is 5.75 Å². The molecule has 1 aliphatic rings. The van der Waals surface area contributed by atoms with E-state index in [9.17, 15) is 14.4 Å². The van der Waals surface area contributed by atoms with Crippen molar-refractivity contribution in [2.24, 2.45) is 5.92 Å². The van der Waals surface area contributed by atoms with E-state index in [2.05, 4.69) is 5.32 Å². The van der Waals surface area contributed by atoms with Crippen molar-refractivity contribution in [3.63, 3.8) is 0 Å². The topological polar surface area (TPSA) is 75.7 Å². The lowest BCUT2D eigenvalue weighted by atomic mass is 10.0. The molecule has 1 aliphatic heterocycles. The largest absolute Gasteiger partial charge is 0.427 e. The number of carbonyl (C=O) groups is 3. The zero-order chi connectivity index (χ0) is 17.7. The quantitative estimate of drug-likeness (QED) is 0.676. The van der Waals surface area contributed by atoms with Crippen LogP contribution in [0.15, 0.2) is 24.3 Å². The van der Waals surface area contributed by atoms with Crippen LogP contribution in [0, 0.1) is 5.92 Å². The number of nitrogens with one attached hydrogen (secondary N) is 1. The Morgan fingerprint density at radius 3 is 2.46 bits per heavy atom. The fraction of sp³-hybridized carbons (Fsp3) is 0.500. The van der Waals surface area contributed by atoms with Crippen LogP contribution in [-0.2, 0) is 9.59 Å². The van der Waals surface area contributed by atoms with Crippen molar-refractivity contribution in [1.82, 2.24) is 10.2 Å². The fourth-order valence-corrected chi connectivity index (χ4v) is 2.74. The molecule has 1 aromatic rings. The van der Waals surface area contributed by atoms with Crippen LogP contribution in [0.5, 0.6) is 5.75 Å². The third kappa shape index (κ3) is 4.81. The molecule has 1 N–H and O–H groups in total. The summed E-state index contributed by atoms with van der Waals surface area (Å²) in [6.45, 7) is 6.43. The Hall–Kier alpha value is -2.37. The lowest BCUT2D eigenvalue weighted by molar-refractivity contribution is -0.135. The Bertz CT molecular complexity index is 619. The van der Waals surface area contributed by atoms with Gasteiger partial charge in [0, 0.05) is 37.5 Å². The smallest absolute Gasteiger partial charge is 0.308 e. The highest BCUT2D eigenvalue weighted by Crippen LogP contribution is 2.16. The second kappa shape index (κ2) is 7.95. The van der Waals surface area contributed by atoms with Crippen molar-refractivity contribution in [2.75, 3.05) is 13.1 Å². The van der Waals surface area contributed by atoms with Gasteiger partial charge in [-0.2, -0.15) is 0 Å². The molecule has 6 heteroatoms. The van der Waals surface area contributed by atoms with Crippen molar-refractivity contribution >= 4 is 17.8 Å². The second-order valence-corrected chi connectivity index (χ2v) is 6.35. The summed E-state index contributed by atoms with van der Waals surface area (Å²) in [5.41, 5.74) is 0.453. The van der Waals surface area contributed by atoms with E-state index in [4.69, 9.17) is 4.74 Å². The first-order valence-corrected chi connectivity index (χ1v) is 8.25. The fourth-order valence-electron chi connectivity index (χ4n) is 2.74.